The number of halogens is 7. The molecule has 2 aromatic carbocycles. The minimum atomic E-state index is -5.08. The van der Waals surface area contributed by atoms with Crippen LogP contribution in [0.25, 0.3) is 0 Å². The summed E-state index contributed by atoms with van der Waals surface area (Å²) in [5, 5.41) is 21.4. The molecule has 1 amide bonds. The lowest BCUT2D eigenvalue weighted by Gasteiger charge is -2.36. The number of carboxylic acid groups (broad SMARTS) is 2. The number of carbonyl (C=O) groups is 3. The van der Waals surface area contributed by atoms with E-state index in [1.807, 2.05) is 32.9 Å². The summed E-state index contributed by atoms with van der Waals surface area (Å²) in [5.41, 5.74) is 5.21. The van der Waals surface area contributed by atoms with E-state index in [2.05, 4.69) is 55.8 Å². The molecule has 0 spiro atoms. The van der Waals surface area contributed by atoms with E-state index >= 15 is 0 Å². The summed E-state index contributed by atoms with van der Waals surface area (Å²) in [4.78, 5) is 43.4. The number of piperazine rings is 1. The summed E-state index contributed by atoms with van der Waals surface area (Å²) in [5.74, 6) is -4.46. The second-order valence-corrected chi connectivity index (χ2v) is 12.6. The molecule has 4 N–H and O–H groups in total. The van der Waals surface area contributed by atoms with Crippen molar-refractivity contribution in [3.63, 3.8) is 0 Å². The number of hydrogen-bond donors (Lipinski definition) is 4. The van der Waals surface area contributed by atoms with Crippen molar-refractivity contribution in [2.45, 2.75) is 58.1 Å². The van der Waals surface area contributed by atoms with Gasteiger partial charge in [0.1, 0.15) is 10.6 Å². The number of nitrogens with one attached hydrogen (secondary N) is 2. The molecule has 0 unspecified atom stereocenters. The molecule has 5 rings (SSSR count). The van der Waals surface area contributed by atoms with Crippen molar-refractivity contribution in [3.05, 3.63) is 70.4 Å². The van der Waals surface area contributed by atoms with Gasteiger partial charge in [-0.15, -0.1) is 0 Å². The molecule has 0 atom stereocenters. The van der Waals surface area contributed by atoms with Crippen LogP contribution in [-0.4, -0.2) is 92.1 Å². The normalized spacial score (nSPS) is 14.7. The fourth-order valence-electron chi connectivity index (χ4n) is 4.61. The van der Waals surface area contributed by atoms with Gasteiger partial charge in [0.15, 0.2) is 5.82 Å². The summed E-state index contributed by atoms with van der Waals surface area (Å²) in [6.45, 7) is 9.48. The smallest absolute Gasteiger partial charge is 0.475 e. The number of benzene rings is 2. The molecule has 3 heterocycles. The van der Waals surface area contributed by atoms with Crippen LogP contribution in [0.5, 0.6) is 0 Å². The highest BCUT2D eigenvalue weighted by Crippen LogP contribution is 2.29. The maximum absolute atomic E-state index is 12.4. The van der Waals surface area contributed by atoms with Crippen LogP contribution in [0.2, 0.25) is 5.02 Å². The summed E-state index contributed by atoms with van der Waals surface area (Å²) < 4.78 is 69.0. The second kappa shape index (κ2) is 16.9. The van der Waals surface area contributed by atoms with E-state index < -0.39 is 29.9 Å². The first-order valence-electron chi connectivity index (χ1n) is 15.2. The van der Waals surface area contributed by atoms with E-state index in [0.717, 1.165) is 43.9 Å². The van der Waals surface area contributed by atoms with E-state index in [9.17, 15) is 31.1 Å². The van der Waals surface area contributed by atoms with E-state index in [1.54, 1.807) is 11.1 Å². The first-order chi connectivity index (χ1) is 23.6. The minimum absolute atomic E-state index is 0.233. The fraction of sp³-hybridized carbons (Fsp3) is 0.406. The molecule has 2 aliphatic heterocycles. The molecular formula is C32H35ClF6N6O6. The Morgan fingerprint density at radius 1 is 0.863 bits per heavy atom. The third-order valence-electron chi connectivity index (χ3n) is 6.98. The van der Waals surface area contributed by atoms with Gasteiger partial charge >= 0.3 is 30.4 Å². The van der Waals surface area contributed by atoms with Crippen molar-refractivity contribution in [3.8, 4) is 0 Å². The first kappa shape index (κ1) is 40.6. The summed E-state index contributed by atoms with van der Waals surface area (Å²) >= 11 is 6.40. The Kier molecular flexibility index (Phi) is 13.5. The van der Waals surface area contributed by atoms with Gasteiger partial charge in [-0.3, -0.25) is 4.90 Å². The number of hydrogen-bond acceptors (Lipinski definition) is 9. The van der Waals surface area contributed by atoms with Crippen LogP contribution in [0.1, 0.15) is 37.5 Å². The maximum atomic E-state index is 12.4. The molecule has 0 aliphatic carbocycles. The van der Waals surface area contributed by atoms with Crippen molar-refractivity contribution < 1.29 is 55.7 Å². The van der Waals surface area contributed by atoms with Gasteiger partial charge in [-0.2, -0.15) is 31.3 Å². The molecule has 6 bridgehead atoms. The zero-order valence-corrected chi connectivity index (χ0v) is 28.3. The van der Waals surface area contributed by atoms with Gasteiger partial charge in [-0.25, -0.2) is 19.4 Å². The number of fused-ring (bicyclic) bond motifs is 6. The van der Waals surface area contributed by atoms with Gasteiger partial charge in [0.2, 0.25) is 5.95 Å². The van der Waals surface area contributed by atoms with Gasteiger partial charge in [0.25, 0.3) is 0 Å². The average molecular weight is 749 g/mol. The average Bonchev–Trinajstić information content (AvgIpc) is 3.02. The Bertz CT molecular complexity index is 1670. The largest absolute Gasteiger partial charge is 0.490 e. The maximum Gasteiger partial charge on any atom is 0.490 e. The fourth-order valence-corrected chi connectivity index (χ4v) is 4.75. The Balaban J connectivity index is 0.000000424. The highest BCUT2D eigenvalue weighted by molar-refractivity contribution is 6.32. The van der Waals surface area contributed by atoms with Gasteiger partial charge < -0.3 is 30.5 Å². The number of nitrogens with zero attached hydrogens (tertiary/aromatic N) is 4. The number of amides is 1. The number of anilines is 4. The van der Waals surface area contributed by atoms with Crippen LogP contribution in [0.15, 0.2) is 48.7 Å². The lowest BCUT2D eigenvalue weighted by molar-refractivity contribution is -0.193. The Morgan fingerprint density at radius 3 is 2.02 bits per heavy atom. The molecular weight excluding hydrogens is 714 g/mol. The Morgan fingerprint density at radius 2 is 1.45 bits per heavy atom. The van der Waals surface area contributed by atoms with E-state index in [4.69, 9.17) is 36.1 Å². The number of aliphatic carboxylic acids is 2. The van der Waals surface area contributed by atoms with Gasteiger partial charge in [-0.1, -0.05) is 29.8 Å². The van der Waals surface area contributed by atoms with E-state index in [0.29, 0.717) is 29.9 Å². The molecule has 2 aliphatic rings. The molecule has 19 heteroatoms. The third kappa shape index (κ3) is 13.4. The monoisotopic (exact) mass is 748 g/mol. The predicted octanol–water partition coefficient (Wildman–Crippen LogP) is 7.04. The first-order valence-corrected chi connectivity index (χ1v) is 15.6. The standard InChI is InChI=1S/C28H33ClN6O2.2C2HF3O2/c1-28(2,3)37-27(36)35-13-11-34(12-14-35)18-21-9-10-23-16-20(21)8-7-19-5-4-6-22(15-19)32-26-30-17-24(29)25(31-23)33-26;2*3-2(4,5)1(6)7/h4-6,9-10,15-17H,7-8,11-14,18H2,1-3H3,(H2,30,31,32,33);2*(H,6,7). The predicted molar refractivity (Wildman–Crippen MR) is 174 cm³/mol. The zero-order valence-electron chi connectivity index (χ0n) is 27.5. The Labute approximate surface area is 293 Å². The topological polar surface area (TPSA) is 157 Å². The summed E-state index contributed by atoms with van der Waals surface area (Å²) in [6, 6.07) is 14.8. The van der Waals surface area contributed by atoms with Crippen LogP contribution in [0.3, 0.4) is 0 Å². The molecule has 51 heavy (non-hydrogen) atoms. The number of aryl methyl sites for hydroxylation is 2. The lowest BCUT2D eigenvalue weighted by Crippen LogP contribution is -2.49. The van der Waals surface area contributed by atoms with Crippen molar-refractivity contribution in [1.82, 2.24) is 19.8 Å². The highest BCUT2D eigenvalue weighted by Gasteiger charge is 2.39. The molecule has 278 valence electrons. The summed E-state index contributed by atoms with van der Waals surface area (Å²) in [7, 11) is 0. The second-order valence-electron chi connectivity index (χ2n) is 12.2. The van der Waals surface area contributed by atoms with Gasteiger partial charge in [-0.05, 0) is 74.6 Å². The number of rotatable bonds is 2. The van der Waals surface area contributed by atoms with Gasteiger partial charge in [0, 0.05) is 44.1 Å². The van der Waals surface area contributed by atoms with Crippen molar-refractivity contribution >= 4 is 52.8 Å². The number of ether oxygens (including phenoxy) is 1. The molecule has 1 saturated heterocycles. The molecule has 12 nitrogen and oxygen atoms in total. The highest BCUT2D eigenvalue weighted by atomic mass is 35.5. The summed E-state index contributed by atoms with van der Waals surface area (Å²) in [6.07, 6.45) is -6.97. The molecule has 0 radical (unpaired) electrons. The van der Waals surface area contributed by atoms with Crippen LogP contribution in [-0.2, 0) is 33.7 Å². The van der Waals surface area contributed by atoms with Crippen LogP contribution < -0.4 is 10.6 Å². The molecule has 3 aromatic rings. The van der Waals surface area contributed by atoms with Crippen molar-refractivity contribution in [2.75, 3.05) is 36.8 Å². The number of carboxylic acids is 2. The Hall–Kier alpha value is -4.84. The molecule has 1 fully saturated rings. The van der Waals surface area contributed by atoms with E-state index in [1.165, 1.54) is 16.7 Å². The minimum Gasteiger partial charge on any atom is -0.475 e. The SMILES string of the molecule is CC(C)(C)OC(=O)N1CCN(Cc2ccc3cc2CCc2cccc(c2)Nc2ncc(Cl)c(n2)N3)CC1.O=C(O)C(F)(F)F.O=C(O)C(F)(F)F. The van der Waals surface area contributed by atoms with Crippen molar-refractivity contribution in [1.29, 1.82) is 0 Å². The molecule has 1 aromatic heterocycles. The van der Waals surface area contributed by atoms with E-state index in [-0.39, 0.29) is 6.09 Å². The molecule has 0 saturated carbocycles. The lowest BCUT2D eigenvalue weighted by atomic mass is 9.98. The number of aromatic nitrogens is 2. The van der Waals surface area contributed by atoms with Crippen LogP contribution >= 0.6 is 11.6 Å². The third-order valence-corrected chi connectivity index (χ3v) is 7.26. The van der Waals surface area contributed by atoms with Crippen molar-refractivity contribution in [2.24, 2.45) is 0 Å². The number of alkyl halides is 6. The quantitative estimate of drug-likeness (QED) is 0.200. The zero-order chi connectivity index (χ0) is 38.1. The van der Waals surface area contributed by atoms with Crippen LogP contribution in [0.4, 0.5) is 54.3 Å². The van der Waals surface area contributed by atoms with Crippen LogP contribution in [0, 0.1) is 0 Å². The number of carbonyl (C=O) groups excluding carboxylic acids is 1. The van der Waals surface area contributed by atoms with Gasteiger partial charge in [0.05, 0.1) is 6.20 Å².